The number of aromatic nitrogens is 2. The van der Waals surface area contributed by atoms with Crippen LogP contribution >= 0.6 is 0 Å². The van der Waals surface area contributed by atoms with E-state index in [0.29, 0.717) is 6.04 Å². The molecule has 0 bridgehead atoms. The van der Waals surface area contributed by atoms with Gasteiger partial charge in [0.05, 0.1) is 5.69 Å². The fraction of sp³-hybridized carbons (Fsp3) is 0.455. The van der Waals surface area contributed by atoms with Crippen molar-refractivity contribution in [3.05, 3.63) is 59.1 Å². The summed E-state index contributed by atoms with van der Waals surface area (Å²) in [5, 5.41) is 7.06. The van der Waals surface area contributed by atoms with Crippen molar-refractivity contribution in [2.75, 3.05) is 18.9 Å². The highest BCUT2D eigenvalue weighted by Crippen LogP contribution is 2.30. The standard InChI is InChI=1S/C22H28N4/c1-23-15-17-10-12-18(13-11-17)24-22-19-8-5-9-20(19)25-21(26-22)14-16-6-3-2-4-7-16/h2-8,17-18,23H,9-15H2,1H3,(H,24,25,26). The first-order valence-corrected chi connectivity index (χ1v) is 9.83. The van der Waals surface area contributed by atoms with E-state index in [1.165, 1.54) is 36.8 Å². The lowest BCUT2D eigenvalue weighted by Crippen LogP contribution is -2.30. The van der Waals surface area contributed by atoms with Crippen LogP contribution in [0.2, 0.25) is 0 Å². The van der Waals surface area contributed by atoms with Crippen LogP contribution in [0.4, 0.5) is 5.82 Å². The first-order chi connectivity index (χ1) is 12.8. The lowest BCUT2D eigenvalue weighted by atomic mass is 9.86. The van der Waals surface area contributed by atoms with E-state index in [-0.39, 0.29) is 0 Å². The molecule has 2 N–H and O–H groups in total. The van der Waals surface area contributed by atoms with E-state index in [4.69, 9.17) is 9.97 Å². The minimum atomic E-state index is 0.528. The Balaban J connectivity index is 1.49. The van der Waals surface area contributed by atoms with E-state index in [1.54, 1.807) is 0 Å². The Morgan fingerprint density at radius 2 is 1.85 bits per heavy atom. The Morgan fingerprint density at radius 1 is 1.04 bits per heavy atom. The minimum absolute atomic E-state index is 0.528. The monoisotopic (exact) mass is 348 g/mol. The molecule has 4 rings (SSSR count). The van der Waals surface area contributed by atoms with Crippen LogP contribution < -0.4 is 10.6 Å². The zero-order valence-electron chi connectivity index (χ0n) is 15.5. The van der Waals surface area contributed by atoms with Crippen molar-refractivity contribution >= 4 is 11.9 Å². The Bertz CT molecular complexity index is 761. The van der Waals surface area contributed by atoms with E-state index < -0.39 is 0 Å². The first-order valence-electron chi connectivity index (χ1n) is 9.83. The SMILES string of the molecule is CNCC1CCC(Nc2nc(Cc3ccccc3)nc3c2C=CC3)CC1. The van der Waals surface area contributed by atoms with Gasteiger partial charge in [-0.1, -0.05) is 42.5 Å². The largest absolute Gasteiger partial charge is 0.367 e. The lowest BCUT2D eigenvalue weighted by Gasteiger charge is -2.29. The van der Waals surface area contributed by atoms with Gasteiger partial charge in [-0.2, -0.15) is 0 Å². The molecular formula is C22H28N4. The van der Waals surface area contributed by atoms with Gasteiger partial charge in [-0.15, -0.1) is 0 Å². The molecule has 136 valence electrons. The number of anilines is 1. The van der Waals surface area contributed by atoms with Crippen LogP contribution in [-0.2, 0) is 12.8 Å². The highest BCUT2D eigenvalue weighted by atomic mass is 15.1. The molecule has 0 atom stereocenters. The fourth-order valence-electron chi connectivity index (χ4n) is 4.15. The summed E-state index contributed by atoms with van der Waals surface area (Å²) in [6.07, 6.45) is 11.1. The normalized spacial score (nSPS) is 21.6. The van der Waals surface area contributed by atoms with Gasteiger partial charge in [0.25, 0.3) is 0 Å². The van der Waals surface area contributed by atoms with Crippen LogP contribution in [0, 0.1) is 5.92 Å². The molecule has 2 aliphatic carbocycles. The third-order valence-electron chi connectivity index (χ3n) is 5.55. The van der Waals surface area contributed by atoms with Crippen LogP contribution in [0.15, 0.2) is 36.4 Å². The number of fused-ring (bicyclic) bond motifs is 1. The van der Waals surface area contributed by atoms with E-state index >= 15 is 0 Å². The lowest BCUT2D eigenvalue weighted by molar-refractivity contribution is 0.330. The molecule has 0 amide bonds. The maximum Gasteiger partial charge on any atom is 0.137 e. The molecule has 4 nitrogen and oxygen atoms in total. The van der Waals surface area contributed by atoms with Gasteiger partial charge in [0.15, 0.2) is 0 Å². The molecule has 1 fully saturated rings. The van der Waals surface area contributed by atoms with Gasteiger partial charge >= 0.3 is 0 Å². The molecule has 0 unspecified atom stereocenters. The van der Waals surface area contributed by atoms with Crippen LogP contribution in [0.3, 0.4) is 0 Å². The van der Waals surface area contributed by atoms with Crippen molar-refractivity contribution in [2.45, 2.75) is 44.6 Å². The number of allylic oxidation sites excluding steroid dienone is 1. The van der Waals surface area contributed by atoms with Crippen LogP contribution in [-0.4, -0.2) is 29.6 Å². The van der Waals surface area contributed by atoms with Gasteiger partial charge in [-0.05, 0) is 50.8 Å². The quantitative estimate of drug-likeness (QED) is 0.833. The average molecular weight is 348 g/mol. The van der Waals surface area contributed by atoms with E-state index in [9.17, 15) is 0 Å². The number of nitrogens with one attached hydrogen (secondary N) is 2. The molecule has 0 radical (unpaired) electrons. The molecule has 1 aromatic carbocycles. The molecule has 0 spiro atoms. The minimum Gasteiger partial charge on any atom is -0.367 e. The van der Waals surface area contributed by atoms with E-state index in [0.717, 1.165) is 42.6 Å². The number of hydrogen-bond donors (Lipinski definition) is 2. The van der Waals surface area contributed by atoms with Crippen molar-refractivity contribution in [1.29, 1.82) is 0 Å². The molecular weight excluding hydrogens is 320 g/mol. The Morgan fingerprint density at radius 3 is 2.62 bits per heavy atom. The fourth-order valence-corrected chi connectivity index (χ4v) is 4.15. The highest BCUT2D eigenvalue weighted by molar-refractivity contribution is 5.69. The van der Waals surface area contributed by atoms with Gasteiger partial charge < -0.3 is 10.6 Å². The van der Waals surface area contributed by atoms with E-state index in [1.807, 2.05) is 6.07 Å². The second kappa shape index (κ2) is 8.00. The van der Waals surface area contributed by atoms with Gasteiger partial charge in [0.1, 0.15) is 11.6 Å². The van der Waals surface area contributed by atoms with Crippen molar-refractivity contribution in [3.8, 4) is 0 Å². The van der Waals surface area contributed by atoms with Gasteiger partial charge in [-0.3, -0.25) is 0 Å². The molecule has 1 heterocycles. The van der Waals surface area contributed by atoms with Crippen molar-refractivity contribution in [3.63, 3.8) is 0 Å². The average Bonchev–Trinajstić information content (AvgIpc) is 3.13. The molecule has 1 aromatic heterocycles. The van der Waals surface area contributed by atoms with Crippen molar-refractivity contribution in [2.24, 2.45) is 5.92 Å². The smallest absolute Gasteiger partial charge is 0.137 e. The predicted molar refractivity (Wildman–Crippen MR) is 107 cm³/mol. The van der Waals surface area contributed by atoms with Crippen molar-refractivity contribution in [1.82, 2.24) is 15.3 Å². The van der Waals surface area contributed by atoms with E-state index in [2.05, 4.69) is 54.1 Å². The summed E-state index contributed by atoms with van der Waals surface area (Å²) in [6.45, 7) is 1.14. The summed E-state index contributed by atoms with van der Waals surface area (Å²) < 4.78 is 0. The molecule has 1 saturated carbocycles. The maximum atomic E-state index is 4.90. The third kappa shape index (κ3) is 3.96. The van der Waals surface area contributed by atoms with Crippen LogP contribution in [0.5, 0.6) is 0 Å². The summed E-state index contributed by atoms with van der Waals surface area (Å²) in [6, 6.07) is 11.0. The zero-order valence-corrected chi connectivity index (χ0v) is 15.5. The number of benzene rings is 1. The highest BCUT2D eigenvalue weighted by Gasteiger charge is 2.23. The maximum absolute atomic E-state index is 4.90. The summed E-state index contributed by atoms with van der Waals surface area (Å²) >= 11 is 0. The van der Waals surface area contributed by atoms with Crippen LogP contribution in [0.25, 0.3) is 6.08 Å². The second-order valence-corrected chi connectivity index (χ2v) is 7.54. The summed E-state index contributed by atoms with van der Waals surface area (Å²) in [5.41, 5.74) is 3.62. The summed E-state index contributed by atoms with van der Waals surface area (Å²) in [7, 11) is 2.05. The number of nitrogens with zero attached hydrogens (tertiary/aromatic N) is 2. The zero-order chi connectivity index (χ0) is 17.8. The van der Waals surface area contributed by atoms with Crippen molar-refractivity contribution < 1.29 is 0 Å². The van der Waals surface area contributed by atoms with Crippen LogP contribution in [0.1, 0.15) is 48.3 Å². The van der Waals surface area contributed by atoms with Gasteiger partial charge in [0.2, 0.25) is 0 Å². The molecule has 2 aromatic rings. The predicted octanol–water partition coefficient (Wildman–Crippen LogP) is 3.83. The topological polar surface area (TPSA) is 49.8 Å². The Kier molecular flexibility index (Phi) is 5.30. The van der Waals surface area contributed by atoms with Gasteiger partial charge in [-0.25, -0.2) is 9.97 Å². The third-order valence-corrected chi connectivity index (χ3v) is 5.55. The Hall–Kier alpha value is -2.20. The molecule has 4 heteroatoms. The number of hydrogen-bond acceptors (Lipinski definition) is 4. The molecule has 26 heavy (non-hydrogen) atoms. The number of rotatable bonds is 6. The molecule has 0 aliphatic heterocycles. The Labute approximate surface area is 156 Å². The molecule has 2 aliphatic rings. The van der Waals surface area contributed by atoms with Gasteiger partial charge in [0, 0.05) is 24.4 Å². The molecule has 0 saturated heterocycles. The summed E-state index contributed by atoms with van der Waals surface area (Å²) in [4.78, 5) is 9.72. The first kappa shape index (κ1) is 17.2. The second-order valence-electron chi connectivity index (χ2n) is 7.54. The summed E-state index contributed by atoms with van der Waals surface area (Å²) in [5.74, 6) is 2.78.